The van der Waals surface area contributed by atoms with Gasteiger partial charge in [-0.15, -0.1) is 0 Å². The highest BCUT2D eigenvalue weighted by Gasteiger charge is 2.29. The first-order chi connectivity index (χ1) is 16.2. The third-order valence-electron chi connectivity index (χ3n) is 5.75. The molecule has 11 heteroatoms. The van der Waals surface area contributed by atoms with Crippen LogP contribution in [0.5, 0.6) is 0 Å². The number of carbonyl (C=O) groups excluding carboxylic acids is 1. The van der Waals surface area contributed by atoms with Crippen LogP contribution in [-0.4, -0.2) is 81.2 Å². The zero-order chi connectivity index (χ0) is 24.3. The number of anilines is 2. The van der Waals surface area contributed by atoms with E-state index in [-0.39, 0.29) is 29.0 Å². The summed E-state index contributed by atoms with van der Waals surface area (Å²) in [6.45, 7) is 9.60. The maximum absolute atomic E-state index is 13.4. The van der Waals surface area contributed by atoms with Crippen LogP contribution in [0, 0.1) is 0 Å². The van der Waals surface area contributed by atoms with Gasteiger partial charge in [-0.3, -0.25) is 4.79 Å². The van der Waals surface area contributed by atoms with Gasteiger partial charge in [-0.2, -0.15) is 4.31 Å². The average Bonchev–Trinajstić information content (AvgIpc) is 2.84. The van der Waals surface area contributed by atoms with Gasteiger partial charge in [0.15, 0.2) is 0 Å². The van der Waals surface area contributed by atoms with Crippen LogP contribution in [0.25, 0.3) is 0 Å². The Hall–Kier alpha value is -2.60. The van der Waals surface area contributed by atoms with E-state index in [0.717, 1.165) is 0 Å². The third kappa shape index (κ3) is 5.38. The highest BCUT2D eigenvalue weighted by molar-refractivity contribution is 7.89. The van der Waals surface area contributed by atoms with Gasteiger partial charge in [-0.05, 0) is 18.2 Å². The van der Waals surface area contributed by atoms with Crippen molar-refractivity contribution >= 4 is 27.3 Å². The van der Waals surface area contributed by atoms with Gasteiger partial charge >= 0.3 is 0 Å². The van der Waals surface area contributed by atoms with Crippen LogP contribution in [-0.2, 0) is 24.9 Å². The molecule has 184 valence electrons. The Kier molecular flexibility index (Phi) is 7.17. The lowest BCUT2D eigenvalue weighted by Crippen LogP contribution is -2.41. The predicted molar refractivity (Wildman–Crippen MR) is 128 cm³/mol. The maximum atomic E-state index is 13.4. The summed E-state index contributed by atoms with van der Waals surface area (Å²) in [5.74, 6) is 0.241. The maximum Gasteiger partial charge on any atom is 0.257 e. The number of benzene rings is 1. The fourth-order valence-corrected chi connectivity index (χ4v) is 5.29. The van der Waals surface area contributed by atoms with E-state index in [9.17, 15) is 13.2 Å². The van der Waals surface area contributed by atoms with Gasteiger partial charge < -0.3 is 19.7 Å². The largest absolute Gasteiger partial charge is 0.379 e. The highest BCUT2D eigenvalue weighted by atomic mass is 32.2. The Labute approximate surface area is 200 Å². The number of hydrogen-bond donors (Lipinski definition) is 1. The van der Waals surface area contributed by atoms with Gasteiger partial charge in [-0.25, -0.2) is 18.4 Å². The zero-order valence-electron chi connectivity index (χ0n) is 19.8. The summed E-state index contributed by atoms with van der Waals surface area (Å²) in [4.78, 5) is 24.2. The molecule has 10 nitrogen and oxygen atoms in total. The number of amides is 1. The molecule has 1 N–H and O–H groups in total. The van der Waals surface area contributed by atoms with E-state index in [0.29, 0.717) is 56.7 Å². The van der Waals surface area contributed by atoms with E-state index in [1.165, 1.54) is 10.4 Å². The molecule has 0 spiro atoms. The standard InChI is InChI=1S/C23H31N5O5S/c1-23(2,3)22-24-15-17(16-25-22)26-21(29)19-14-18(34(30,31)28-8-12-33-13-9-28)4-5-20(19)27-6-10-32-11-7-27/h4-5,14-16H,6-13H2,1-3H3,(H,26,29). The molecule has 2 saturated heterocycles. The third-order valence-corrected chi connectivity index (χ3v) is 7.65. The molecule has 1 aromatic heterocycles. The molecular weight excluding hydrogens is 458 g/mol. The Balaban J connectivity index is 1.66. The Bertz CT molecular complexity index is 1120. The number of hydrogen-bond acceptors (Lipinski definition) is 8. The molecule has 2 aromatic rings. The summed E-state index contributed by atoms with van der Waals surface area (Å²) in [5.41, 5.74) is 1.16. The van der Waals surface area contributed by atoms with Crippen molar-refractivity contribution in [1.82, 2.24) is 14.3 Å². The van der Waals surface area contributed by atoms with E-state index >= 15 is 0 Å². The first-order valence-electron chi connectivity index (χ1n) is 11.3. The molecule has 2 aliphatic heterocycles. The Morgan fingerprint density at radius 3 is 2.15 bits per heavy atom. The summed E-state index contributed by atoms with van der Waals surface area (Å²) in [5, 5.41) is 2.82. The SMILES string of the molecule is CC(C)(C)c1ncc(NC(=O)c2cc(S(=O)(=O)N3CCOCC3)ccc2N2CCOCC2)cn1. The van der Waals surface area contributed by atoms with Crippen LogP contribution in [0.1, 0.15) is 37.0 Å². The van der Waals surface area contributed by atoms with Crippen LogP contribution < -0.4 is 10.2 Å². The van der Waals surface area contributed by atoms with Crippen molar-refractivity contribution in [2.75, 3.05) is 62.8 Å². The number of sulfonamides is 1. The number of ether oxygens (including phenoxy) is 2. The lowest BCUT2D eigenvalue weighted by atomic mass is 9.96. The first kappa shape index (κ1) is 24.5. The van der Waals surface area contributed by atoms with Crippen molar-refractivity contribution in [3.05, 3.63) is 42.0 Å². The second kappa shape index (κ2) is 9.95. The van der Waals surface area contributed by atoms with Crippen LogP contribution in [0.3, 0.4) is 0 Å². The summed E-state index contributed by atoms with van der Waals surface area (Å²) in [6.07, 6.45) is 3.13. The Morgan fingerprint density at radius 2 is 1.56 bits per heavy atom. The molecule has 0 atom stereocenters. The molecule has 34 heavy (non-hydrogen) atoms. The van der Waals surface area contributed by atoms with E-state index in [4.69, 9.17) is 9.47 Å². The van der Waals surface area contributed by atoms with Crippen molar-refractivity contribution < 1.29 is 22.7 Å². The molecule has 1 aromatic carbocycles. The molecule has 2 aliphatic rings. The summed E-state index contributed by atoms with van der Waals surface area (Å²) < 4.78 is 38.6. The molecular formula is C23H31N5O5S. The number of rotatable bonds is 5. The molecule has 1 amide bonds. The van der Waals surface area contributed by atoms with E-state index in [1.807, 2.05) is 25.7 Å². The lowest BCUT2D eigenvalue weighted by Gasteiger charge is -2.31. The van der Waals surface area contributed by atoms with E-state index < -0.39 is 15.9 Å². The highest BCUT2D eigenvalue weighted by Crippen LogP contribution is 2.28. The van der Waals surface area contributed by atoms with E-state index in [2.05, 4.69) is 15.3 Å². The first-order valence-corrected chi connectivity index (χ1v) is 12.8. The molecule has 0 saturated carbocycles. The number of carbonyl (C=O) groups is 1. The van der Waals surface area contributed by atoms with Crippen molar-refractivity contribution in [3.63, 3.8) is 0 Å². The second-order valence-corrected chi connectivity index (χ2v) is 11.2. The minimum Gasteiger partial charge on any atom is -0.379 e. The van der Waals surface area contributed by atoms with Crippen molar-refractivity contribution in [1.29, 1.82) is 0 Å². The van der Waals surface area contributed by atoms with Gasteiger partial charge in [0.1, 0.15) is 5.82 Å². The molecule has 4 rings (SSSR count). The van der Waals surface area contributed by atoms with Crippen LogP contribution in [0.4, 0.5) is 11.4 Å². The fourth-order valence-electron chi connectivity index (χ4n) is 3.85. The van der Waals surface area contributed by atoms with E-state index in [1.54, 1.807) is 24.5 Å². The second-order valence-electron chi connectivity index (χ2n) is 9.29. The fraction of sp³-hybridized carbons (Fsp3) is 0.522. The molecule has 3 heterocycles. The van der Waals surface area contributed by atoms with Gasteiger partial charge in [0.2, 0.25) is 10.0 Å². The predicted octanol–water partition coefficient (Wildman–Crippen LogP) is 1.88. The quantitative estimate of drug-likeness (QED) is 0.677. The Morgan fingerprint density at radius 1 is 0.971 bits per heavy atom. The van der Waals surface area contributed by atoms with Crippen molar-refractivity contribution in [3.8, 4) is 0 Å². The summed E-state index contributed by atoms with van der Waals surface area (Å²) >= 11 is 0. The number of morpholine rings is 2. The molecule has 0 unspecified atom stereocenters. The number of aromatic nitrogens is 2. The van der Waals surface area contributed by atoms with Crippen LogP contribution in [0.2, 0.25) is 0 Å². The van der Waals surface area contributed by atoms with Crippen molar-refractivity contribution in [2.45, 2.75) is 31.1 Å². The molecule has 0 radical (unpaired) electrons. The molecule has 0 bridgehead atoms. The monoisotopic (exact) mass is 489 g/mol. The molecule has 0 aliphatic carbocycles. The van der Waals surface area contributed by atoms with Gasteiger partial charge in [0, 0.05) is 37.3 Å². The van der Waals surface area contributed by atoms with Gasteiger partial charge in [0.05, 0.1) is 55.0 Å². The number of nitrogens with zero attached hydrogens (tertiary/aromatic N) is 4. The van der Waals surface area contributed by atoms with Crippen LogP contribution >= 0.6 is 0 Å². The minimum atomic E-state index is -3.75. The van der Waals surface area contributed by atoms with Gasteiger partial charge in [-0.1, -0.05) is 20.8 Å². The number of nitrogens with one attached hydrogen (secondary N) is 1. The van der Waals surface area contributed by atoms with Crippen molar-refractivity contribution in [2.24, 2.45) is 0 Å². The average molecular weight is 490 g/mol. The lowest BCUT2D eigenvalue weighted by molar-refractivity contribution is 0.0730. The summed E-state index contributed by atoms with van der Waals surface area (Å²) in [7, 11) is -3.75. The van der Waals surface area contributed by atoms with Gasteiger partial charge in [0.25, 0.3) is 5.91 Å². The smallest absolute Gasteiger partial charge is 0.257 e. The molecule has 2 fully saturated rings. The summed E-state index contributed by atoms with van der Waals surface area (Å²) in [6, 6.07) is 4.72. The zero-order valence-corrected chi connectivity index (χ0v) is 20.6. The topological polar surface area (TPSA) is 114 Å². The normalized spacial score (nSPS) is 18.0. The van der Waals surface area contributed by atoms with Crippen LogP contribution in [0.15, 0.2) is 35.5 Å². The minimum absolute atomic E-state index is 0.0795.